The summed E-state index contributed by atoms with van der Waals surface area (Å²) >= 11 is 0. The molecule has 5 aliphatic rings. The fraction of sp³-hybridized carbons (Fsp3) is 0.650. The average Bonchev–Trinajstić information content (AvgIpc) is 3.32. The van der Waals surface area contributed by atoms with Crippen molar-refractivity contribution in [3.05, 3.63) is 23.3 Å². The van der Waals surface area contributed by atoms with Crippen LogP contribution in [0.3, 0.4) is 0 Å². The molecule has 3 fully saturated rings. The number of rotatable bonds is 2. The number of benzene rings is 1. The predicted octanol–water partition coefficient (Wildman–Crippen LogP) is 1.53. The minimum Gasteiger partial charge on any atom is -0.504 e. The Hall–Kier alpha value is -1.59. The summed E-state index contributed by atoms with van der Waals surface area (Å²) in [5, 5.41) is 22.3. The van der Waals surface area contributed by atoms with Crippen molar-refractivity contribution >= 4 is 5.78 Å². The maximum Gasteiger partial charge on any atom is 0.174 e. The third kappa shape index (κ3) is 1.56. The maximum atomic E-state index is 12.7. The second-order valence-electron chi connectivity index (χ2n) is 8.72. The molecule has 4 atom stereocenters. The van der Waals surface area contributed by atoms with Crippen LogP contribution in [0.25, 0.3) is 0 Å². The number of hydrogen-bond acceptors (Lipinski definition) is 5. The summed E-state index contributed by atoms with van der Waals surface area (Å²) in [6.07, 6.45) is 4.33. The first-order valence-electron chi connectivity index (χ1n) is 9.56. The topological polar surface area (TPSA) is 70.0 Å². The van der Waals surface area contributed by atoms with Gasteiger partial charge >= 0.3 is 0 Å². The number of Topliss-reactive ketones (excluding diaryl/α,β-unsaturated/α-hetero) is 1. The number of phenols is 1. The van der Waals surface area contributed by atoms with Gasteiger partial charge in [0.15, 0.2) is 23.4 Å². The molecule has 5 heteroatoms. The number of carbonyl (C=O) groups is 1. The lowest BCUT2D eigenvalue weighted by molar-refractivity contribution is -0.188. The Balaban J connectivity index is 1.58. The molecule has 0 aromatic heterocycles. The van der Waals surface area contributed by atoms with Crippen molar-refractivity contribution in [2.75, 3.05) is 13.1 Å². The maximum absolute atomic E-state index is 12.7. The van der Waals surface area contributed by atoms with Crippen LogP contribution in [0.1, 0.15) is 43.2 Å². The lowest BCUT2D eigenvalue weighted by atomic mass is 9.49. The standard InChI is InChI=1S/C20H23NO4/c22-13-4-3-12-9-15-20(24)6-5-14(23)18-19(20,16(12)17(13)25-18)7-8-21(15)10-11-1-2-11/h3-4,11,15,18,22,24H,1-2,5-10H2/t15?,18?,19-,20?/m1/s1. The molecule has 2 bridgehead atoms. The highest BCUT2D eigenvalue weighted by atomic mass is 16.5. The van der Waals surface area contributed by atoms with Gasteiger partial charge in [0.25, 0.3) is 0 Å². The van der Waals surface area contributed by atoms with E-state index in [1.165, 1.54) is 12.8 Å². The van der Waals surface area contributed by atoms with Crippen LogP contribution in [0.4, 0.5) is 0 Å². The summed E-state index contributed by atoms with van der Waals surface area (Å²) in [6, 6.07) is 3.69. The third-order valence-electron chi connectivity index (χ3n) is 7.56. The van der Waals surface area contributed by atoms with Crippen LogP contribution in [0.5, 0.6) is 11.5 Å². The van der Waals surface area contributed by atoms with Crippen molar-refractivity contribution in [3.8, 4) is 11.5 Å². The normalized spacial score (nSPS) is 41.4. The molecule has 1 spiro atoms. The molecular formula is C20H23NO4. The molecule has 5 nitrogen and oxygen atoms in total. The Kier molecular flexibility index (Phi) is 2.55. The summed E-state index contributed by atoms with van der Waals surface area (Å²) in [5.41, 5.74) is 0.454. The molecule has 6 rings (SSSR count). The molecule has 3 aliphatic carbocycles. The molecule has 2 heterocycles. The average molecular weight is 341 g/mol. The summed E-state index contributed by atoms with van der Waals surface area (Å²) < 4.78 is 6.04. The van der Waals surface area contributed by atoms with E-state index in [0.717, 1.165) is 43.0 Å². The van der Waals surface area contributed by atoms with Crippen LogP contribution in [0.2, 0.25) is 0 Å². The highest BCUT2D eigenvalue weighted by Gasteiger charge is 2.73. The fourth-order valence-corrected chi connectivity index (χ4v) is 6.26. The van der Waals surface area contributed by atoms with Crippen LogP contribution >= 0.6 is 0 Å². The monoisotopic (exact) mass is 341 g/mol. The lowest BCUT2D eigenvalue weighted by Crippen LogP contribution is -2.76. The first-order valence-corrected chi connectivity index (χ1v) is 9.56. The van der Waals surface area contributed by atoms with Gasteiger partial charge in [0.1, 0.15) is 0 Å². The molecule has 2 N–H and O–H groups in total. The molecule has 25 heavy (non-hydrogen) atoms. The number of hydrogen-bond donors (Lipinski definition) is 2. The Bertz CT molecular complexity index is 803. The predicted molar refractivity (Wildman–Crippen MR) is 89.8 cm³/mol. The summed E-state index contributed by atoms with van der Waals surface area (Å²) in [5.74, 6) is 1.39. The number of carbonyl (C=O) groups excluding carboxylic acids is 1. The largest absolute Gasteiger partial charge is 0.504 e. The van der Waals surface area contributed by atoms with E-state index in [-0.39, 0.29) is 17.6 Å². The van der Waals surface area contributed by atoms with E-state index in [2.05, 4.69) is 4.90 Å². The molecule has 2 saturated carbocycles. The van der Waals surface area contributed by atoms with E-state index in [0.29, 0.717) is 18.6 Å². The van der Waals surface area contributed by atoms with Gasteiger partial charge in [0, 0.05) is 24.6 Å². The zero-order chi connectivity index (χ0) is 17.0. The zero-order valence-corrected chi connectivity index (χ0v) is 14.2. The first-order chi connectivity index (χ1) is 12.0. The third-order valence-corrected chi connectivity index (χ3v) is 7.56. The quantitative estimate of drug-likeness (QED) is 0.854. The van der Waals surface area contributed by atoms with Crippen LogP contribution < -0.4 is 4.74 Å². The Morgan fingerprint density at radius 2 is 2.12 bits per heavy atom. The minimum absolute atomic E-state index is 0.0454. The van der Waals surface area contributed by atoms with Gasteiger partial charge < -0.3 is 14.9 Å². The zero-order valence-electron chi connectivity index (χ0n) is 14.2. The number of aliphatic hydroxyl groups is 1. The van der Waals surface area contributed by atoms with Gasteiger partial charge in [-0.1, -0.05) is 6.07 Å². The molecule has 0 amide bonds. The van der Waals surface area contributed by atoms with Crippen LogP contribution in [0, 0.1) is 5.92 Å². The van der Waals surface area contributed by atoms with Crippen molar-refractivity contribution in [2.45, 2.75) is 61.7 Å². The second kappa shape index (κ2) is 4.38. The smallest absolute Gasteiger partial charge is 0.174 e. The molecule has 0 radical (unpaired) electrons. The SMILES string of the molecule is O=C1CCC2(O)C3Cc4ccc(O)c5c4[C@]2(CCN3CC2CC2)C1O5. The van der Waals surface area contributed by atoms with Crippen molar-refractivity contribution in [3.63, 3.8) is 0 Å². The first kappa shape index (κ1) is 14.6. The molecule has 1 saturated heterocycles. The van der Waals surface area contributed by atoms with Gasteiger partial charge in [0.05, 0.1) is 11.0 Å². The summed E-state index contributed by atoms with van der Waals surface area (Å²) in [6.45, 7) is 1.95. The van der Waals surface area contributed by atoms with Gasteiger partial charge in [-0.05, 0) is 56.2 Å². The molecular weight excluding hydrogens is 318 g/mol. The van der Waals surface area contributed by atoms with E-state index in [4.69, 9.17) is 4.74 Å². The summed E-state index contributed by atoms with van der Waals surface area (Å²) in [7, 11) is 0. The number of ketones is 1. The van der Waals surface area contributed by atoms with E-state index in [1.54, 1.807) is 6.07 Å². The van der Waals surface area contributed by atoms with E-state index in [9.17, 15) is 15.0 Å². The van der Waals surface area contributed by atoms with Crippen molar-refractivity contribution in [1.82, 2.24) is 4.90 Å². The van der Waals surface area contributed by atoms with Crippen molar-refractivity contribution in [1.29, 1.82) is 0 Å². The number of phenolic OH excluding ortho intramolecular Hbond substituents is 1. The number of likely N-dealkylation sites (tertiary alicyclic amines) is 1. The molecule has 1 aromatic rings. The Morgan fingerprint density at radius 1 is 1.28 bits per heavy atom. The number of piperidine rings is 1. The van der Waals surface area contributed by atoms with Crippen LogP contribution in [-0.4, -0.2) is 51.7 Å². The van der Waals surface area contributed by atoms with Gasteiger partial charge in [-0.2, -0.15) is 0 Å². The van der Waals surface area contributed by atoms with Crippen LogP contribution in [0.15, 0.2) is 12.1 Å². The summed E-state index contributed by atoms with van der Waals surface area (Å²) in [4.78, 5) is 15.2. The fourth-order valence-electron chi connectivity index (χ4n) is 6.26. The Morgan fingerprint density at radius 3 is 2.92 bits per heavy atom. The molecule has 1 aromatic carbocycles. The lowest BCUT2D eigenvalue weighted by Gasteiger charge is -2.62. The van der Waals surface area contributed by atoms with Gasteiger partial charge in [-0.25, -0.2) is 0 Å². The van der Waals surface area contributed by atoms with E-state index in [1.807, 2.05) is 6.07 Å². The number of nitrogens with zero attached hydrogens (tertiary/aromatic N) is 1. The number of ether oxygens (including phenoxy) is 1. The van der Waals surface area contributed by atoms with Crippen LogP contribution in [-0.2, 0) is 16.6 Å². The van der Waals surface area contributed by atoms with Gasteiger partial charge in [-0.3, -0.25) is 9.69 Å². The van der Waals surface area contributed by atoms with Crippen molar-refractivity contribution < 1.29 is 19.7 Å². The minimum atomic E-state index is -0.940. The van der Waals surface area contributed by atoms with Gasteiger partial charge in [0.2, 0.25) is 0 Å². The highest BCUT2D eigenvalue weighted by molar-refractivity contribution is 5.90. The molecule has 3 unspecified atom stereocenters. The van der Waals surface area contributed by atoms with Crippen molar-refractivity contribution in [2.24, 2.45) is 5.92 Å². The van der Waals surface area contributed by atoms with E-state index >= 15 is 0 Å². The number of aromatic hydroxyl groups is 1. The Labute approximate surface area is 146 Å². The van der Waals surface area contributed by atoms with Gasteiger partial charge in [-0.15, -0.1) is 0 Å². The molecule has 132 valence electrons. The highest BCUT2D eigenvalue weighted by Crippen LogP contribution is 2.64. The van der Waals surface area contributed by atoms with E-state index < -0.39 is 17.1 Å². The molecule has 2 aliphatic heterocycles. The second-order valence-corrected chi connectivity index (χ2v) is 8.72.